The smallest absolute Gasteiger partial charge is 0.249 e. The molecule has 2 aromatic heterocycles. The van der Waals surface area contributed by atoms with Gasteiger partial charge in [0.05, 0.1) is 11.2 Å². The number of rotatable bonds is 9. The number of amides is 2. The van der Waals surface area contributed by atoms with Crippen LogP contribution in [0.2, 0.25) is 0 Å². The average Bonchev–Trinajstić information content (AvgIpc) is 3.63. The minimum Gasteiger partial charge on any atom is -0.349 e. The Bertz CT molecular complexity index is 1670. The number of carbonyl (C=O) groups is 2. The van der Waals surface area contributed by atoms with Crippen LogP contribution >= 0.6 is 0 Å². The van der Waals surface area contributed by atoms with Crippen molar-refractivity contribution < 1.29 is 9.59 Å². The summed E-state index contributed by atoms with van der Waals surface area (Å²) in [7, 11) is 0. The molecule has 1 N–H and O–H groups in total. The number of anilines is 1. The van der Waals surface area contributed by atoms with Gasteiger partial charge in [-0.1, -0.05) is 54.1 Å². The van der Waals surface area contributed by atoms with Crippen LogP contribution in [0.25, 0.3) is 16.7 Å². The molecule has 0 spiro atoms. The second-order valence-electron chi connectivity index (χ2n) is 10.8. The second kappa shape index (κ2) is 11.3. The lowest BCUT2D eigenvalue weighted by atomic mass is 9.97. The molecular formula is C30H33N9O2. The lowest BCUT2D eigenvalue weighted by molar-refractivity contribution is -0.128. The SMILES string of the molecule is CCC(C)(C)NC(=O)C(c1ccc(C)cc1)N(C(=O)Cn1nnc2ccccc21)c1ccc(-n2cnnn2)c(C)c1. The third-order valence-corrected chi connectivity index (χ3v) is 7.27. The van der Waals surface area contributed by atoms with E-state index in [-0.39, 0.29) is 18.4 Å². The maximum absolute atomic E-state index is 14.3. The Balaban J connectivity index is 1.63. The molecule has 11 nitrogen and oxygen atoms in total. The van der Waals surface area contributed by atoms with Gasteiger partial charge < -0.3 is 5.32 Å². The second-order valence-corrected chi connectivity index (χ2v) is 10.8. The monoisotopic (exact) mass is 551 g/mol. The zero-order valence-corrected chi connectivity index (χ0v) is 23.8. The van der Waals surface area contributed by atoms with Gasteiger partial charge >= 0.3 is 0 Å². The Kier molecular flexibility index (Phi) is 7.60. The fourth-order valence-electron chi connectivity index (χ4n) is 4.65. The van der Waals surface area contributed by atoms with E-state index in [0.717, 1.165) is 28.8 Å². The van der Waals surface area contributed by atoms with E-state index in [1.165, 1.54) is 6.33 Å². The van der Waals surface area contributed by atoms with Crippen molar-refractivity contribution in [3.63, 3.8) is 0 Å². The molecule has 1 atom stereocenters. The fourth-order valence-corrected chi connectivity index (χ4v) is 4.65. The number of benzene rings is 3. The van der Waals surface area contributed by atoms with Crippen molar-refractivity contribution in [2.75, 3.05) is 4.90 Å². The van der Waals surface area contributed by atoms with Crippen LogP contribution in [0.5, 0.6) is 0 Å². The third kappa shape index (κ3) is 5.84. The standard InChI is InChI=1S/C30H33N9O2/c1-6-30(4,5)32-29(41)28(22-13-11-20(2)12-14-22)39(23-15-16-25(21(3)17-23)38-19-31-34-36-38)27(40)18-37-26-10-8-7-9-24(26)33-35-37/h7-17,19,28H,6,18H2,1-5H3,(H,32,41). The van der Waals surface area contributed by atoms with E-state index in [4.69, 9.17) is 0 Å². The van der Waals surface area contributed by atoms with Crippen molar-refractivity contribution in [1.29, 1.82) is 0 Å². The van der Waals surface area contributed by atoms with Gasteiger partial charge in [0.25, 0.3) is 0 Å². The Labute approximate surface area is 238 Å². The van der Waals surface area contributed by atoms with Crippen molar-refractivity contribution >= 4 is 28.5 Å². The van der Waals surface area contributed by atoms with E-state index in [1.54, 1.807) is 20.3 Å². The van der Waals surface area contributed by atoms with Crippen LogP contribution in [0.4, 0.5) is 5.69 Å². The highest BCUT2D eigenvalue weighted by atomic mass is 16.2. The summed E-state index contributed by atoms with van der Waals surface area (Å²) in [4.78, 5) is 30.0. The Morgan fingerprint density at radius 3 is 2.44 bits per heavy atom. The molecular weight excluding hydrogens is 518 g/mol. The lowest BCUT2D eigenvalue weighted by Crippen LogP contribution is -2.51. The molecule has 0 fully saturated rings. The summed E-state index contributed by atoms with van der Waals surface area (Å²) < 4.78 is 3.12. The van der Waals surface area contributed by atoms with Gasteiger partial charge in [-0.15, -0.1) is 10.2 Å². The maximum Gasteiger partial charge on any atom is 0.249 e. The van der Waals surface area contributed by atoms with E-state index < -0.39 is 11.6 Å². The quantitative estimate of drug-likeness (QED) is 0.292. The van der Waals surface area contributed by atoms with Crippen LogP contribution in [0.15, 0.2) is 73.1 Å². The minimum atomic E-state index is -0.943. The highest BCUT2D eigenvalue weighted by Gasteiger charge is 2.35. The van der Waals surface area contributed by atoms with Crippen LogP contribution < -0.4 is 10.2 Å². The van der Waals surface area contributed by atoms with Crippen LogP contribution in [-0.4, -0.2) is 52.6 Å². The number of para-hydroxylation sites is 1. The van der Waals surface area contributed by atoms with E-state index in [0.29, 0.717) is 16.8 Å². The third-order valence-electron chi connectivity index (χ3n) is 7.27. The molecule has 1 unspecified atom stereocenters. The normalized spacial score (nSPS) is 12.3. The van der Waals surface area contributed by atoms with E-state index in [1.807, 2.05) is 95.3 Å². The first-order valence-corrected chi connectivity index (χ1v) is 13.5. The summed E-state index contributed by atoms with van der Waals surface area (Å²) >= 11 is 0. The highest BCUT2D eigenvalue weighted by Crippen LogP contribution is 2.32. The summed E-state index contributed by atoms with van der Waals surface area (Å²) in [5.74, 6) is -0.593. The molecule has 2 heterocycles. The van der Waals surface area contributed by atoms with Crippen molar-refractivity contribution in [3.8, 4) is 5.69 Å². The predicted octanol–water partition coefficient (Wildman–Crippen LogP) is 4.10. The zero-order valence-electron chi connectivity index (χ0n) is 23.8. The minimum absolute atomic E-state index is 0.110. The number of nitrogens with zero attached hydrogens (tertiary/aromatic N) is 8. The zero-order chi connectivity index (χ0) is 29.1. The van der Waals surface area contributed by atoms with Crippen LogP contribution in [0.3, 0.4) is 0 Å². The molecule has 0 aliphatic carbocycles. The summed E-state index contributed by atoms with van der Waals surface area (Å²) in [5, 5.41) is 23.1. The Morgan fingerprint density at radius 2 is 1.76 bits per heavy atom. The number of aryl methyl sites for hydroxylation is 2. The summed E-state index contributed by atoms with van der Waals surface area (Å²) in [6, 6.07) is 19.7. The molecule has 41 heavy (non-hydrogen) atoms. The van der Waals surface area contributed by atoms with Gasteiger partial charge in [0.2, 0.25) is 11.8 Å². The fraction of sp³-hybridized carbons (Fsp3) is 0.300. The van der Waals surface area contributed by atoms with Crippen LogP contribution in [0, 0.1) is 13.8 Å². The van der Waals surface area contributed by atoms with Crippen molar-refractivity contribution in [2.45, 2.75) is 59.2 Å². The molecule has 5 aromatic rings. The number of hydrogen-bond donors (Lipinski definition) is 1. The molecule has 210 valence electrons. The number of carbonyl (C=O) groups excluding carboxylic acids is 2. The number of tetrazole rings is 1. The van der Waals surface area contributed by atoms with Crippen molar-refractivity contribution in [1.82, 2.24) is 40.5 Å². The largest absolute Gasteiger partial charge is 0.349 e. The molecule has 0 saturated carbocycles. The van der Waals surface area contributed by atoms with Crippen LogP contribution in [0.1, 0.15) is 49.9 Å². The van der Waals surface area contributed by atoms with Crippen molar-refractivity contribution in [3.05, 3.63) is 89.7 Å². The van der Waals surface area contributed by atoms with Gasteiger partial charge in [0, 0.05) is 11.2 Å². The predicted molar refractivity (Wildman–Crippen MR) is 155 cm³/mol. The summed E-state index contributed by atoms with van der Waals surface area (Å²) in [6.45, 7) is 9.74. The van der Waals surface area contributed by atoms with Gasteiger partial charge in [-0.3, -0.25) is 14.5 Å². The van der Waals surface area contributed by atoms with E-state index in [2.05, 4.69) is 31.2 Å². The molecule has 0 radical (unpaired) electrons. The topological polar surface area (TPSA) is 124 Å². The summed E-state index contributed by atoms with van der Waals surface area (Å²) in [6.07, 6.45) is 2.23. The van der Waals surface area contributed by atoms with Gasteiger partial charge in [0.1, 0.15) is 24.4 Å². The first-order chi connectivity index (χ1) is 19.7. The summed E-state index contributed by atoms with van der Waals surface area (Å²) in [5.41, 5.74) is 4.84. The molecule has 2 amide bonds. The number of aromatic nitrogens is 7. The average molecular weight is 552 g/mol. The first-order valence-electron chi connectivity index (χ1n) is 13.5. The molecule has 11 heteroatoms. The van der Waals surface area contributed by atoms with E-state index in [9.17, 15) is 9.59 Å². The molecule has 0 saturated heterocycles. The van der Waals surface area contributed by atoms with Gasteiger partial charge in [-0.05, 0) is 86.0 Å². The Hall–Kier alpha value is -4.93. The lowest BCUT2D eigenvalue weighted by Gasteiger charge is -2.35. The number of nitrogens with one attached hydrogen (secondary N) is 1. The number of hydrogen-bond acceptors (Lipinski definition) is 7. The first kappa shape index (κ1) is 27.6. The maximum atomic E-state index is 14.3. The molecule has 0 bridgehead atoms. The molecule has 0 aliphatic rings. The van der Waals surface area contributed by atoms with E-state index >= 15 is 0 Å². The van der Waals surface area contributed by atoms with Gasteiger partial charge in [0.15, 0.2) is 0 Å². The molecule has 3 aromatic carbocycles. The molecule has 0 aliphatic heterocycles. The van der Waals surface area contributed by atoms with Gasteiger partial charge in [-0.25, -0.2) is 9.36 Å². The van der Waals surface area contributed by atoms with Crippen LogP contribution in [-0.2, 0) is 16.1 Å². The Morgan fingerprint density at radius 1 is 1.00 bits per heavy atom. The molecule has 5 rings (SSSR count). The van der Waals surface area contributed by atoms with Crippen molar-refractivity contribution in [2.24, 2.45) is 0 Å². The number of fused-ring (bicyclic) bond motifs is 1. The highest BCUT2D eigenvalue weighted by molar-refractivity contribution is 6.02. The van der Waals surface area contributed by atoms with Gasteiger partial charge in [-0.2, -0.15) is 0 Å².